The van der Waals surface area contributed by atoms with E-state index in [4.69, 9.17) is 5.73 Å². The predicted molar refractivity (Wildman–Crippen MR) is 71.3 cm³/mol. The maximum atomic E-state index is 11.5. The van der Waals surface area contributed by atoms with Crippen LogP contribution in [0.1, 0.15) is 23.6 Å². The van der Waals surface area contributed by atoms with Gasteiger partial charge in [0.05, 0.1) is 6.42 Å². The topological polar surface area (TPSA) is 58.4 Å². The lowest BCUT2D eigenvalue weighted by atomic mass is 9.96. The van der Waals surface area contributed by atoms with Crippen molar-refractivity contribution >= 4 is 11.6 Å². The molecule has 3 N–H and O–H groups in total. The lowest BCUT2D eigenvalue weighted by Crippen LogP contribution is -2.21. The zero-order valence-electron chi connectivity index (χ0n) is 10.6. The maximum absolute atomic E-state index is 11.5. The fourth-order valence-electron chi connectivity index (χ4n) is 3.19. The Bertz CT molecular complexity index is 486. The first kappa shape index (κ1) is 11.7. The number of nitrogens with zero attached hydrogens (tertiary/aromatic N) is 1. The summed E-state index contributed by atoms with van der Waals surface area (Å²) in [4.78, 5) is 13.9. The highest BCUT2D eigenvalue weighted by Gasteiger charge is 2.33. The van der Waals surface area contributed by atoms with Crippen LogP contribution in [-0.4, -0.2) is 30.9 Å². The van der Waals surface area contributed by atoms with Gasteiger partial charge >= 0.3 is 0 Å². The molecule has 0 aromatic heterocycles. The van der Waals surface area contributed by atoms with Gasteiger partial charge in [0, 0.05) is 18.3 Å². The summed E-state index contributed by atoms with van der Waals surface area (Å²) >= 11 is 0. The van der Waals surface area contributed by atoms with Gasteiger partial charge in [0.25, 0.3) is 0 Å². The molecule has 0 spiro atoms. The Morgan fingerprint density at radius 2 is 2.33 bits per heavy atom. The fourth-order valence-corrected chi connectivity index (χ4v) is 3.19. The molecule has 4 nitrogen and oxygen atoms in total. The van der Waals surface area contributed by atoms with Gasteiger partial charge in [-0.25, -0.2) is 0 Å². The maximum Gasteiger partial charge on any atom is 0.228 e. The van der Waals surface area contributed by atoms with Crippen molar-refractivity contribution in [3.8, 4) is 0 Å². The van der Waals surface area contributed by atoms with Crippen LogP contribution >= 0.6 is 0 Å². The molecule has 96 valence electrons. The van der Waals surface area contributed by atoms with E-state index in [0.717, 1.165) is 30.8 Å². The van der Waals surface area contributed by atoms with Gasteiger partial charge in [-0.2, -0.15) is 0 Å². The Hall–Kier alpha value is -1.39. The first-order chi connectivity index (χ1) is 8.69. The van der Waals surface area contributed by atoms with Crippen molar-refractivity contribution in [2.75, 3.05) is 25.5 Å². The molecule has 2 atom stereocenters. The number of amides is 1. The molecule has 2 aliphatic heterocycles. The summed E-state index contributed by atoms with van der Waals surface area (Å²) in [6.45, 7) is 1.78. The normalized spacial score (nSPS) is 27.3. The van der Waals surface area contributed by atoms with E-state index >= 15 is 0 Å². The molecule has 3 rings (SSSR count). The van der Waals surface area contributed by atoms with Gasteiger partial charge in [-0.05, 0) is 37.1 Å². The van der Waals surface area contributed by atoms with Gasteiger partial charge in [0.15, 0.2) is 0 Å². The Morgan fingerprint density at radius 3 is 3.06 bits per heavy atom. The highest BCUT2D eigenvalue weighted by atomic mass is 16.1. The molecule has 1 amide bonds. The number of nitrogens with one attached hydrogen (secondary N) is 1. The SMILES string of the molecule is CN1CC(CN)CC1c1cccc2c1NC(=O)C2. The number of benzene rings is 1. The minimum absolute atomic E-state index is 0.105. The van der Waals surface area contributed by atoms with E-state index in [0.29, 0.717) is 18.4 Å². The number of hydrogen-bond acceptors (Lipinski definition) is 3. The van der Waals surface area contributed by atoms with Gasteiger partial charge < -0.3 is 11.1 Å². The number of hydrogen-bond donors (Lipinski definition) is 2. The highest BCUT2D eigenvalue weighted by Crippen LogP contribution is 2.40. The van der Waals surface area contributed by atoms with Crippen LogP contribution in [0.2, 0.25) is 0 Å². The number of rotatable bonds is 2. The summed E-state index contributed by atoms with van der Waals surface area (Å²) in [6.07, 6.45) is 1.60. The zero-order chi connectivity index (χ0) is 12.7. The molecular formula is C14H19N3O. The van der Waals surface area contributed by atoms with Crippen LogP contribution in [0.15, 0.2) is 18.2 Å². The molecule has 1 aromatic carbocycles. The highest BCUT2D eigenvalue weighted by molar-refractivity contribution is 6.00. The predicted octanol–water partition coefficient (Wildman–Crippen LogP) is 1.13. The number of para-hydroxylation sites is 1. The van der Waals surface area contributed by atoms with Crippen LogP contribution in [0.25, 0.3) is 0 Å². The van der Waals surface area contributed by atoms with E-state index in [1.165, 1.54) is 5.56 Å². The van der Waals surface area contributed by atoms with Gasteiger partial charge in [0.1, 0.15) is 0 Å². The molecule has 1 aromatic rings. The third kappa shape index (κ3) is 1.82. The summed E-state index contributed by atoms with van der Waals surface area (Å²) < 4.78 is 0. The number of anilines is 1. The first-order valence-corrected chi connectivity index (χ1v) is 6.51. The summed E-state index contributed by atoms with van der Waals surface area (Å²) in [7, 11) is 2.14. The average molecular weight is 245 g/mol. The van der Waals surface area contributed by atoms with Crippen LogP contribution in [0, 0.1) is 5.92 Å². The van der Waals surface area contributed by atoms with E-state index < -0.39 is 0 Å². The van der Waals surface area contributed by atoms with Gasteiger partial charge in [-0.3, -0.25) is 9.69 Å². The first-order valence-electron chi connectivity index (χ1n) is 6.51. The number of nitrogens with two attached hydrogens (primary N) is 1. The van der Waals surface area contributed by atoms with Crippen molar-refractivity contribution in [1.82, 2.24) is 4.90 Å². The van der Waals surface area contributed by atoms with Crippen molar-refractivity contribution in [2.24, 2.45) is 11.7 Å². The molecule has 1 saturated heterocycles. The zero-order valence-corrected chi connectivity index (χ0v) is 10.6. The van der Waals surface area contributed by atoms with E-state index in [1.807, 2.05) is 6.07 Å². The molecule has 0 radical (unpaired) electrons. The van der Waals surface area contributed by atoms with Crippen molar-refractivity contribution < 1.29 is 4.79 Å². The molecule has 1 fully saturated rings. The van der Waals surface area contributed by atoms with Crippen molar-refractivity contribution in [2.45, 2.75) is 18.9 Å². The quantitative estimate of drug-likeness (QED) is 0.821. The van der Waals surface area contributed by atoms with Crippen LogP contribution < -0.4 is 11.1 Å². The van der Waals surface area contributed by atoms with Crippen molar-refractivity contribution in [3.63, 3.8) is 0 Å². The molecule has 18 heavy (non-hydrogen) atoms. The summed E-state index contributed by atoms with van der Waals surface area (Å²) in [6, 6.07) is 6.60. The fraction of sp³-hybridized carbons (Fsp3) is 0.500. The average Bonchev–Trinajstić information content (AvgIpc) is 2.90. The number of fused-ring (bicyclic) bond motifs is 1. The number of carbonyl (C=O) groups excluding carboxylic acids is 1. The van der Waals surface area contributed by atoms with Gasteiger partial charge in [-0.15, -0.1) is 0 Å². The lowest BCUT2D eigenvalue weighted by molar-refractivity contribution is -0.115. The molecule has 0 aliphatic carbocycles. The van der Waals surface area contributed by atoms with Crippen molar-refractivity contribution in [1.29, 1.82) is 0 Å². The second kappa shape index (κ2) is 4.37. The Balaban J connectivity index is 1.94. The molecule has 2 aliphatic rings. The van der Waals surface area contributed by atoms with Crippen LogP contribution in [-0.2, 0) is 11.2 Å². The Kier molecular flexibility index (Phi) is 2.84. The minimum atomic E-state index is 0.105. The van der Waals surface area contributed by atoms with Gasteiger partial charge in [-0.1, -0.05) is 18.2 Å². The molecule has 4 heteroatoms. The summed E-state index contributed by atoms with van der Waals surface area (Å²) in [5.41, 5.74) is 9.19. The Labute approximate surface area is 107 Å². The third-order valence-corrected chi connectivity index (χ3v) is 4.13. The largest absolute Gasteiger partial charge is 0.330 e. The van der Waals surface area contributed by atoms with Crippen molar-refractivity contribution in [3.05, 3.63) is 29.3 Å². The molecule has 0 bridgehead atoms. The summed E-state index contributed by atoms with van der Waals surface area (Å²) in [5.74, 6) is 0.668. The Morgan fingerprint density at radius 1 is 1.50 bits per heavy atom. The molecule has 0 saturated carbocycles. The van der Waals surface area contributed by atoms with E-state index in [-0.39, 0.29) is 5.91 Å². The number of carbonyl (C=O) groups is 1. The standard InChI is InChI=1S/C14H19N3O/c1-17-8-9(7-15)5-12(17)11-4-2-3-10-6-13(18)16-14(10)11/h2-4,9,12H,5-8,15H2,1H3,(H,16,18). The van der Waals surface area contributed by atoms with Gasteiger partial charge in [0.2, 0.25) is 5.91 Å². The van der Waals surface area contributed by atoms with Crippen LogP contribution in [0.4, 0.5) is 5.69 Å². The second-order valence-electron chi connectivity index (χ2n) is 5.40. The molecular weight excluding hydrogens is 226 g/mol. The van der Waals surface area contributed by atoms with Crippen LogP contribution in [0.3, 0.4) is 0 Å². The molecule has 2 unspecified atom stereocenters. The third-order valence-electron chi connectivity index (χ3n) is 4.13. The van der Waals surface area contributed by atoms with Crippen LogP contribution in [0.5, 0.6) is 0 Å². The number of likely N-dealkylation sites (tertiary alicyclic amines) is 1. The monoisotopic (exact) mass is 245 g/mol. The van der Waals surface area contributed by atoms with E-state index in [2.05, 4.69) is 29.4 Å². The lowest BCUT2D eigenvalue weighted by Gasteiger charge is -2.22. The smallest absolute Gasteiger partial charge is 0.228 e. The minimum Gasteiger partial charge on any atom is -0.330 e. The summed E-state index contributed by atoms with van der Waals surface area (Å²) in [5, 5.41) is 3.00. The second-order valence-corrected chi connectivity index (χ2v) is 5.40. The molecule has 2 heterocycles. The van der Waals surface area contributed by atoms with E-state index in [1.54, 1.807) is 0 Å². The van der Waals surface area contributed by atoms with E-state index in [9.17, 15) is 4.79 Å².